The van der Waals surface area contributed by atoms with Crippen molar-refractivity contribution in [1.82, 2.24) is 20.2 Å². The predicted molar refractivity (Wildman–Crippen MR) is 141 cm³/mol. The third-order valence-corrected chi connectivity index (χ3v) is 7.27. The van der Waals surface area contributed by atoms with Crippen LogP contribution in [0.5, 0.6) is 0 Å². The Balaban J connectivity index is 1.10. The highest BCUT2D eigenvalue weighted by atomic mass is 32.2. The minimum Gasteiger partial charge on any atom is -0.454 e. The second kappa shape index (κ2) is 8.93. The summed E-state index contributed by atoms with van der Waals surface area (Å²) in [6.07, 6.45) is 1.54. The molecule has 10 heteroatoms. The van der Waals surface area contributed by atoms with Gasteiger partial charge in [0.1, 0.15) is 22.0 Å². The van der Waals surface area contributed by atoms with Crippen LogP contribution < -0.4 is 4.90 Å². The van der Waals surface area contributed by atoms with Gasteiger partial charge in [-0.1, -0.05) is 42.1 Å². The van der Waals surface area contributed by atoms with Gasteiger partial charge in [-0.15, -0.1) is 5.10 Å². The molecule has 0 N–H and O–H groups in total. The van der Waals surface area contributed by atoms with E-state index in [9.17, 15) is 9.59 Å². The fourth-order valence-corrected chi connectivity index (χ4v) is 5.34. The third-order valence-electron chi connectivity index (χ3n) is 6.24. The summed E-state index contributed by atoms with van der Waals surface area (Å²) in [5, 5.41) is 8.68. The van der Waals surface area contributed by atoms with E-state index in [2.05, 4.69) is 20.2 Å². The molecule has 0 spiro atoms. The number of benzene rings is 3. The smallest absolute Gasteiger partial charge is 0.247 e. The molecular weight excluding hydrogens is 502 g/mol. The van der Waals surface area contributed by atoms with E-state index in [1.165, 1.54) is 11.1 Å². The normalized spacial score (nSPS) is 15.7. The Morgan fingerprint density at radius 3 is 2.47 bits per heavy atom. The molecule has 1 saturated heterocycles. The molecule has 0 radical (unpaired) electrons. The number of furan rings is 1. The zero-order valence-corrected chi connectivity index (χ0v) is 20.5. The molecule has 1 fully saturated rings. The van der Waals surface area contributed by atoms with Crippen molar-refractivity contribution in [2.45, 2.75) is 16.8 Å². The number of hydrogen-bond acceptors (Lipinski definition) is 9. The summed E-state index contributed by atoms with van der Waals surface area (Å²) in [5.74, 6) is 0.410. The molecule has 3 aromatic carbocycles. The van der Waals surface area contributed by atoms with Gasteiger partial charge in [-0.2, -0.15) is 5.10 Å². The Bertz CT molecular complexity index is 1780. The molecule has 1 atom stereocenters. The third kappa shape index (κ3) is 3.91. The first-order valence-electron chi connectivity index (χ1n) is 11.8. The topological polar surface area (TPSA) is 115 Å². The van der Waals surface area contributed by atoms with Crippen LogP contribution in [0.25, 0.3) is 45.0 Å². The molecule has 1 aliphatic heterocycles. The van der Waals surface area contributed by atoms with Crippen molar-refractivity contribution in [1.29, 1.82) is 0 Å². The van der Waals surface area contributed by atoms with Crippen LogP contribution in [0.2, 0.25) is 0 Å². The Kier molecular flexibility index (Phi) is 5.26. The van der Waals surface area contributed by atoms with Crippen LogP contribution in [0.15, 0.2) is 99.1 Å². The lowest BCUT2D eigenvalue weighted by Crippen LogP contribution is -2.31. The number of oxazole rings is 1. The summed E-state index contributed by atoms with van der Waals surface area (Å²) in [7, 11) is 0. The zero-order valence-electron chi connectivity index (χ0n) is 19.6. The average Bonchev–Trinajstić information content (AvgIpc) is 3.64. The lowest BCUT2D eigenvalue weighted by Gasteiger charge is -2.15. The minimum atomic E-state index is -0.660. The van der Waals surface area contributed by atoms with E-state index in [4.69, 9.17) is 8.83 Å². The number of thioether (sulfide) groups is 1. The number of para-hydroxylation sites is 3. The van der Waals surface area contributed by atoms with Gasteiger partial charge in [0.25, 0.3) is 0 Å². The average molecular weight is 520 g/mol. The number of carbonyl (C=O) groups excluding carboxylic acids is 2. The maximum absolute atomic E-state index is 13.2. The maximum atomic E-state index is 13.2. The number of hydrogen-bond donors (Lipinski definition) is 0. The first kappa shape index (κ1) is 22.4. The van der Waals surface area contributed by atoms with Gasteiger partial charge < -0.3 is 8.83 Å². The molecule has 2 amide bonds. The van der Waals surface area contributed by atoms with Crippen molar-refractivity contribution >= 4 is 51.3 Å². The number of fused-ring (bicyclic) bond motifs is 2. The summed E-state index contributed by atoms with van der Waals surface area (Å²) < 4.78 is 11.7. The number of amides is 2. The number of imide groups is 1. The molecule has 0 bridgehead atoms. The van der Waals surface area contributed by atoms with Crippen molar-refractivity contribution in [3.63, 3.8) is 0 Å². The van der Waals surface area contributed by atoms with Crippen LogP contribution >= 0.6 is 11.8 Å². The van der Waals surface area contributed by atoms with E-state index in [0.717, 1.165) is 33.8 Å². The van der Waals surface area contributed by atoms with Crippen molar-refractivity contribution < 1.29 is 18.4 Å². The van der Waals surface area contributed by atoms with Crippen molar-refractivity contribution in [3.05, 3.63) is 85.1 Å². The summed E-state index contributed by atoms with van der Waals surface area (Å²) in [6.45, 7) is 0. The Morgan fingerprint density at radius 1 is 0.868 bits per heavy atom. The van der Waals surface area contributed by atoms with Gasteiger partial charge in [0.2, 0.25) is 22.9 Å². The van der Waals surface area contributed by atoms with E-state index < -0.39 is 5.25 Å². The molecule has 6 aromatic rings. The number of rotatable bonds is 5. The molecule has 184 valence electrons. The van der Waals surface area contributed by atoms with E-state index >= 15 is 0 Å². The van der Waals surface area contributed by atoms with Gasteiger partial charge in [-0.25, -0.2) is 14.9 Å². The largest absolute Gasteiger partial charge is 0.454 e. The minimum absolute atomic E-state index is 0.0363. The molecule has 1 unspecified atom stereocenters. The SMILES string of the molecule is O=C1CC(Sc2nncc(-c3cc4ccccc4o3)n2)C(=O)N1c1ccc(-c2nc3ccccc3o2)cc1. The monoisotopic (exact) mass is 519 g/mol. The predicted octanol–water partition coefficient (Wildman–Crippen LogP) is 5.52. The molecule has 1 aliphatic rings. The summed E-state index contributed by atoms with van der Waals surface area (Å²) >= 11 is 1.12. The van der Waals surface area contributed by atoms with Crippen molar-refractivity contribution in [2.75, 3.05) is 4.90 Å². The molecule has 0 aliphatic carbocycles. The Hall–Kier alpha value is -4.83. The summed E-state index contributed by atoms with van der Waals surface area (Å²) in [4.78, 5) is 36.3. The van der Waals surface area contributed by atoms with Crippen LogP contribution in [0.1, 0.15) is 6.42 Å². The van der Waals surface area contributed by atoms with Crippen LogP contribution in [0, 0.1) is 0 Å². The van der Waals surface area contributed by atoms with Crippen LogP contribution in [-0.2, 0) is 9.59 Å². The Labute approximate surface area is 219 Å². The van der Waals surface area contributed by atoms with Crippen molar-refractivity contribution in [2.24, 2.45) is 0 Å². The summed E-state index contributed by atoms with van der Waals surface area (Å²) in [6, 6.07) is 24.0. The second-order valence-electron chi connectivity index (χ2n) is 8.68. The molecule has 38 heavy (non-hydrogen) atoms. The molecular formula is C28H17N5O4S. The van der Waals surface area contributed by atoms with Gasteiger partial charge in [0, 0.05) is 17.4 Å². The van der Waals surface area contributed by atoms with Gasteiger partial charge in [-0.05, 0) is 48.5 Å². The fourth-order valence-electron chi connectivity index (χ4n) is 4.41. The molecule has 4 heterocycles. The standard InChI is InChI=1S/C28H17N5O4S/c34-25-14-24(38-28-31-20(15-29-32-28)23-13-17-5-1-3-7-21(17)36-23)27(35)33(25)18-11-9-16(10-12-18)26-30-19-6-2-4-8-22(19)37-26/h1-13,15,24H,14H2. The number of anilines is 1. The quantitative estimate of drug-likeness (QED) is 0.272. The first-order valence-corrected chi connectivity index (χ1v) is 12.7. The van der Waals surface area contributed by atoms with Gasteiger partial charge in [0.05, 0.1) is 11.9 Å². The first-order chi connectivity index (χ1) is 18.6. The van der Waals surface area contributed by atoms with E-state index in [1.54, 1.807) is 24.3 Å². The van der Waals surface area contributed by atoms with Crippen LogP contribution in [0.4, 0.5) is 5.69 Å². The van der Waals surface area contributed by atoms with Crippen LogP contribution in [0.3, 0.4) is 0 Å². The highest BCUT2D eigenvalue weighted by Crippen LogP contribution is 2.34. The maximum Gasteiger partial charge on any atom is 0.247 e. The van der Waals surface area contributed by atoms with Crippen molar-refractivity contribution in [3.8, 4) is 22.9 Å². The van der Waals surface area contributed by atoms with E-state index in [0.29, 0.717) is 33.8 Å². The number of nitrogens with zero attached hydrogens (tertiary/aromatic N) is 5. The van der Waals surface area contributed by atoms with E-state index in [1.807, 2.05) is 54.6 Å². The molecule has 9 nitrogen and oxygen atoms in total. The lowest BCUT2D eigenvalue weighted by atomic mass is 10.2. The lowest BCUT2D eigenvalue weighted by molar-refractivity contribution is -0.121. The molecule has 7 rings (SSSR count). The highest BCUT2D eigenvalue weighted by Gasteiger charge is 2.40. The number of carbonyl (C=O) groups is 2. The second-order valence-corrected chi connectivity index (χ2v) is 9.85. The zero-order chi connectivity index (χ0) is 25.6. The van der Waals surface area contributed by atoms with E-state index in [-0.39, 0.29) is 18.2 Å². The van der Waals surface area contributed by atoms with Gasteiger partial charge >= 0.3 is 0 Å². The number of aromatic nitrogens is 4. The van der Waals surface area contributed by atoms with Crippen LogP contribution in [-0.4, -0.2) is 37.2 Å². The molecule has 0 saturated carbocycles. The van der Waals surface area contributed by atoms with Gasteiger partial charge in [-0.3, -0.25) is 9.59 Å². The highest BCUT2D eigenvalue weighted by molar-refractivity contribution is 8.00. The van der Waals surface area contributed by atoms with Gasteiger partial charge in [0.15, 0.2) is 11.3 Å². The molecule has 3 aromatic heterocycles. The fraction of sp³-hybridized carbons (Fsp3) is 0.0714. The Morgan fingerprint density at radius 2 is 1.66 bits per heavy atom. The summed E-state index contributed by atoms with van der Waals surface area (Å²) in [5.41, 5.74) is 3.93.